The lowest BCUT2D eigenvalue weighted by molar-refractivity contribution is -0.132. The molecule has 23 heavy (non-hydrogen) atoms. The maximum Gasteiger partial charge on any atom is 0.227 e. The highest BCUT2D eigenvalue weighted by Gasteiger charge is 2.20. The molecule has 1 aliphatic heterocycles. The van der Waals surface area contributed by atoms with Crippen molar-refractivity contribution in [1.82, 2.24) is 19.6 Å². The molecule has 2 heterocycles. The number of hydrogen-bond acceptors (Lipinski definition) is 3. The molecule has 0 saturated carbocycles. The van der Waals surface area contributed by atoms with Crippen LogP contribution in [-0.4, -0.2) is 58.2 Å². The number of carbonyl (C=O) groups excluding carboxylic acids is 1. The predicted molar refractivity (Wildman–Crippen MR) is 90.4 cm³/mol. The first-order valence-corrected chi connectivity index (χ1v) is 8.30. The lowest BCUT2D eigenvalue weighted by Gasteiger charge is -2.34. The summed E-state index contributed by atoms with van der Waals surface area (Å²) in [5.74, 6) is 0.194. The topological polar surface area (TPSA) is 41.4 Å². The third kappa shape index (κ3) is 4.56. The van der Waals surface area contributed by atoms with E-state index in [0.29, 0.717) is 11.4 Å². The summed E-state index contributed by atoms with van der Waals surface area (Å²) in [5, 5.41) is 4.91. The first-order chi connectivity index (χ1) is 11.2. The molecule has 3 rings (SSSR count). The summed E-state index contributed by atoms with van der Waals surface area (Å²) >= 11 is 5.87. The average Bonchev–Trinajstić information content (AvgIpc) is 3.09. The molecule has 0 unspecified atom stereocenters. The van der Waals surface area contributed by atoms with Gasteiger partial charge in [-0.15, -0.1) is 0 Å². The molecule has 5 nitrogen and oxygen atoms in total. The summed E-state index contributed by atoms with van der Waals surface area (Å²) < 4.78 is 1.94. The Morgan fingerprint density at radius 1 is 1.09 bits per heavy atom. The van der Waals surface area contributed by atoms with Gasteiger partial charge >= 0.3 is 0 Å². The molecule has 1 amide bonds. The summed E-state index contributed by atoms with van der Waals surface area (Å²) in [4.78, 5) is 16.7. The first-order valence-electron chi connectivity index (χ1n) is 7.93. The van der Waals surface area contributed by atoms with Crippen LogP contribution in [0.5, 0.6) is 0 Å². The Hall–Kier alpha value is -1.85. The van der Waals surface area contributed by atoms with E-state index >= 15 is 0 Å². The number of halogens is 1. The van der Waals surface area contributed by atoms with Crippen LogP contribution in [-0.2, 0) is 17.8 Å². The van der Waals surface area contributed by atoms with E-state index in [1.165, 1.54) is 0 Å². The molecule has 0 radical (unpaired) electrons. The van der Waals surface area contributed by atoms with Crippen LogP contribution in [0.3, 0.4) is 0 Å². The van der Waals surface area contributed by atoms with Crippen LogP contribution in [0.15, 0.2) is 42.7 Å². The Balaban J connectivity index is 1.42. The second-order valence-electron chi connectivity index (χ2n) is 5.79. The van der Waals surface area contributed by atoms with Crippen molar-refractivity contribution in [3.63, 3.8) is 0 Å². The van der Waals surface area contributed by atoms with Gasteiger partial charge in [0.15, 0.2) is 0 Å². The third-order valence-corrected chi connectivity index (χ3v) is 4.45. The number of piperazine rings is 1. The normalized spacial score (nSPS) is 15.8. The van der Waals surface area contributed by atoms with E-state index in [0.717, 1.165) is 44.8 Å². The van der Waals surface area contributed by atoms with Gasteiger partial charge in [0.1, 0.15) is 0 Å². The Kier molecular flexibility index (Phi) is 5.31. The molecule has 1 fully saturated rings. The van der Waals surface area contributed by atoms with E-state index in [2.05, 4.69) is 10.00 Å². The maximum absolute atomic E-state index is 12.4. The van der Waals surface area contributed by atoms with Crippen molar-refractivity contribution in [3.05, 3.63) is 53.3 Å². The van der Waals surface area contributed by atoms with Crippen LogP contribution < -0.4 is 0 Å². The first kappa shape index (κ1) is 16.0. The largest absolute Gasteiger partial charge is 0.340 e. The Morgan fingerprint density at radius 2 is 1.83 bits per heavy atom. The molecule has 122 valence electrons. The minimum Gasteiger partial charge on any atom is -0.340 e. The molecule has 2 aromatic rings. The molecule has 1 aromatic carbocycles. The molecule has 6 heteroatoms. The highest BCUT2D eigenvalue weighted by atomic mass is 35.5. The van der Waals surface area contributed by atoms with Gasteiger partial charge in [-0.1, -0.05) is 23.7 Å². The summed E-state index contributed by atoms with van der Waals surface area (Å²) in [5.41, 5.74) is 1.01. The van der Waals surface area contributed by atoms with E-state index < -0.39 is 0 Å². The number of aromatic nitrogens is 2. The zero-order chi connectivity index (χ0) is 16.1. The van der Waals surface area contributed by atoms with Crippen LogP contribution in [0.4, 0.5) is 0 Å². The zero-order valence-electron chi connectivity index (χ0n) is 13.1. The number of nitrogens with zero attached hydrogens (tertiary/aromatic N) is 4. The standard InChI is InChI=1S/C17H21ClN4O/c18-16-4-2-15(3-5-16)14-17(23)21-11-8-20(9-12-21)10-13-22-7-1-6-19-22/h1-7H,8-14H2. The van der Waals surface area contributed by atoms with Gasteiger partial charge in [0, 0.05) is 50.1 Å². The van der Waals surface area contributed by atoms with Gasteiger partial charge < -0.3 is 4.90 Å². The highest BCUT2D eigenvalue weighted by molar-refractivity contribution is 6.30. The molecule has 1 aliphatic rings. The van der Waals surface area contributed by atoms with Crippen LogP contribution in [0.2, 0.25) is 5.02 Å². The molecule has 0 aliphatic carbocycles. The molecule has 0 spiro atoms. The van der Waals surface area contributed by atoms with E-state index in [-0.39, 0.29) is 5.91 Å². The summed E-state index contributed by atoms with van der Waals surface area (Å²) in [6.45, 7) is 5.31. The fourth-order valence-corrected chi connectivity index (χ4v) is 2.91. The second kappa shape index (κ2) is 7.62. The second-order valence-corrected chi connectivity index (χ2v) is 6.23. The van der Waals surface area contributed by atoms with Crippen LogP contribution in [0.1, 0.15) is 5.56 Å². The fourth-order valence-electron chi connectivity index (χ4n) is 2.79. The maximum atomic E-state index is 12.4. The number of hydrogen-bond donors (Lipinski definition) is 0. The number of benzene rings is 1. The van der Waals surface area contributed by atoms with E-state index in [1.807, 2.05) is 46.1 Å². The van der Waals surface area contributed by atoms with Gasteiger partial charge in [0.25, 0.3) is 0 Å². The van der Waals surface area contributed by atoms with Crippen LogP contribution >= 0.6 is 11.6 Å². The zero-order valence-corrected chi connectivity index (χ0v) is 13.8. The third-order valence-electron chi connectivity index (χ3n) is 4.20. The summed E-state index contributed by atoms with van der Waals surface area (Å²) in [6.07, 6.45) is 4.23. The van der Waals surface area contributed by atoms with E-state index in [4.69, 9.17) is 11.6 Å². The van der Waals surface area contributed by atoms with Gasteiger partial charge in [0.2, 0.25) is 5.91 Å². The van der Waals surface area contributed by atoms with Crippen molar-refractivity contribution in [2.45, 2.75) is 13.0 Å². The minimum absolute atomic E-state index is 0.194. The van der Waals surface area contributed by atoms with Crippen molar-refractivity contribution in [2.24, 2.45) is 0 Å². The number of rotatable bonds is 5. The Bertz CT molecular complexity index is 619. The smallest absolute Gasteiger partial charge is 0.227 e. The molecular weight excluding hydrogens is 312 g/mol. The van der Waals surface area contributed by atoms with Gasteiger partial charge in [-0.2, -0.15) is 5.10 Å². The molecule has 0 atom stereocenters. The summed E-state index contributed by atoms with van der Waals surface area (Å²) in [6, 6.07) is 9.43. The molecular formula is C17H21ClN4O. The van der Waals surface area contributed by atoms with Gasteiger partial charge in [-0.3, -0.25) is 14.4 Å². The Labute approximate surface area is 141 Å². The van der Waals surface area contributed by atoms with Crippen molar-refractivity contribution in [1.29, 1.82) is 0 Å². The van der Waals surface area contributed by atoms with Gasteiger partial charge in [-0.25, -0.2) is 0 Å². The van der Waals surface area contributed by atoms with Crippen LogP contribution in [0, 0.1) is 0 Å². The summed E-state index contributed by atoms with van der Waals surface area (Å²) in [7, 11) is 0. The molecule has 0 bridgehead atoms. The predicted octanol–water partition coefficient (Wildman–Crippen LogP) is 1.92. The van der Waals surface area contributed by atoms with Crippen LogP contribution in [0.25, 0.3) is 0 Å². The minimum atomic E-state index is 0.194. The SMILES string of the molecule is O=C(Cc1ccc(Cl)cc1)N1CCN(CCn2cccn2)CC1. The lowest BCUT2D eigenvalue weighted by atomic mass is 10.1. The van der Waals surface area contributed by atoms with Gasteiger partial charge in [0.05, 0.1) is 13.0 Å². The van der Waals surface area contributed by atoms with Crippen molar-refractivity contribution in [2.75, 3.05) is 32.7 Å². The molecule has 1 saturated heterocycles. The molecule has 0 N–H and O–H groups in total. The fraction of sp³-hybridized carbons (Fsp3) is 0.412. The average molecular weight is 333 g/mol. The van der Waals surface area contributed by atoms with Gasteiger partial charge in [-0.05, 0) is 23.8 Å². The van der Waals surface area contributed by atoms with Crippen molar-refractivity contribution >= 4 is 17.5 Å². The van der Waals surface area contributed by atoms with Crippen molar-refractivity contribution < 1.29 is 4.79 Å². The number of amides is 1. The van der Waals surface area contributed by atoms with Crippen molar-refractivity contribution in [3.8, 4) is 0 Å². The highest BCUT2D eigenvalue weighted by Crippen LogP contribution is 2.12. The van der Waals surface area contributed by atoms with E-state index in [1.54, 1.807) is 6.20 Å². The van der Waals surface area contributed by atoms with E-state index in [9.17, 15) is 4.79 Å². The lowest BCUT2D eigenvalue weighted by Crippen LogP contribution is -2.49. The number of carbonyl (C=O) groups is 1. The Morgan fingerprint density at radius 3 is 2.48 bits per heavy atom. The molecule has 1 aromatic heterocycles. The quantitative estimate of drug-likeness (QED) is 0.840. The monoisotopic (exact) mass is 332 g/mol.